The van der Waals surface area contributed by atoms with Crippen LogP contribution in [0.3, 0.4) is 0 Å². The molecule has 120 valence electrons. The summed E-state index contributed by atoms with van der Waals surface area (Å²) in [6.07, 6.45) is 1.93. The monoisotopic (exact) mass is 327 g/mol. The van der Waals surface area contributed by atoms with Crippen molar-refractivity contribution in [3.63, 3.8) is 0 Å². The van der Waals surface area contributed by atoms with Gasteiger partial charge in [0.05, 0.1) is 11.0 Å². The molecule has 0 amide bonds. The van der Waals surface area contributed by atoms with Crippen molar-refractivity contribution in [2.45, 2.75) is 24.9 Å². The number of aliphatic hydroxyl groups is 1. The number of imidazole rings is 1. The molecule has 23 heavy (non-hydrogen) atoms. The first kappa shape index (κ1) is 14.9. The van der Waals surface area contributed by atoms with Crippen LogP contribution in [0.1, 0.15) is 35.6 Å². The Labute approximate surface area is 139 Å². The third-order valence-corrected chi connectivity index (χ3v) is 5.58. The average molecular weight is 327 g/mol. The number of hydrogen-bond acceptors (Lipinski definition) is 4. The molecule has 2 atom stereocenters. The molecule has 0 unspecified atom stereocenters. The number of nitrogens with one attached hydrogen (secondary N) is 1. The second kappa shape index (κ2) is 6.43. The highest BCUT2D eigenvalue weighted by Gasteiger charge is 2.25. The Bertz CT molecular complexity index is 735. The molecule has 3 heterocycles. The van der Waals surface area contributed by atoms with Crippen LogP contribution >= 0.6 is 11.3 Å². The lowest BCUT2D eigenvalue weighted by Crippen LogP contribution is -2.37. The number of thiophene rings is 1. The molecule has 3 aromatic rings. The predicted molar refractivity (Wildman–Crippen MR) is 93.8 cm³/mol. The number of β-amino-alcohol motifs (C(OH)–C–C–N with tert-alkyl or cyclic N) is 1. The molecular formula is C18H21N3OS. The molecule has 0 radical (unpaired) electrons. The highest BCUT2D eigenvalue weighted by atomic mass is 32.1. The molecule has 2 aromatic heterocycles. The lowest BCUT2D eigenvalue weighted by atomic mass is 9.97. The van der Waals surface area contributed by atoms with Gasteiger partial charge in [0.1, 0.15) is 11.9 Å². The number of H-pyrrole nitrogens is 1. The van der Waals surface area contributed by atoms with Crippen molar-refractivity contribution in [1.82, 2.24) is 14.9 Å². The number of likely N-dealkylation sites (tertiary alicyclic amines) is 1. The van der Waals surface area contributed by atoms with E-state index in [1.807, 2.05) is 29.6 Å². The van der Waals surface area contributed by atoms with Crippen LogP contribution in [0.25, 0.3) is 11.0 Å². The standard InChI is InChI=1S/C18H21N3OS/c22-16(17-8-4-10-23-17)12-21-9-3-5-13(11-21)18-19-14-6-1-2-7-15(14)20-18/h1-2,4,6-8,10,13,16,22H,3,5,9,11-12H2,(H,19,20)/t13-,16-/m0/s1. The fourth-order valence-corrected chi connectivity index (χ4v) is 4.13. The van der Waals surface area contributed by atoms with Gasteiger partial charge in [-0.2, -0.15) is 0 Å². The molecule has 4 nitrogen and oxygen atoms in total. The zero-order valence-electron chi connectivity index (χ0n) is 13.0. The van der Waals surface area contributed by atoms with E-state index in [1.165, 1.54) is 0 Å². The maximum absolute atomic E-state index is 10.4. The van der Waals surface area contributed by atoms with Crippen LogP contribution in [-0.2, 0) is 0 Å². The summed E-state index contributed by atoms with van der Waals surface area (Å²) in [4.78, 5) is 11.6. The SMILES string of the molecule is O[C@@H](CN1CCC[C@H](c2nc3ccccc3[nH]2)C1)c1cccs1. The Kier molecular flexibility index (Phi) is 4.16. The molecule has 2 N–H and O–H groups in total. The zero-order valence-corrected chi connectivity index (χ0v) is 13.8. The van der Waals surface area contributed by atoms with E-state index in [-0.39, 0.29) is 6.10 Å². The number of para-hydroxylation sites is 2. The van der Waals surface area contributed by atoms with Gasteiger partial charge in [-0.3, -0.25) is 4.90 Å². The fourth-order valence-electron chi connectivity index (χ4n) is 3.43. The Hall–Kier alpha value is -1.69. The Morgan fingerprint density at radius 3 is 3.04 bits per heavy atom. The number of rotatable bonds is 4. The van der Waals surface area contributed by atoms with Crippen molar-refractivity contribution in [1.29, 1.82) is 0 Å². The van der Waals surface area contributed by atoms with Crippen molar-refractivity contribution in [3.8, 4) is 0 Å². The summed E-state index contributed by atoms with van der Waals surface area (Å²) in [6, 6.07) is 12.2. The van der Waals surface area contributed by atoms with E-state index >= 15 is 0 Å². The minimum atomic E-state index is -0.385. The molecule has 1 aromatic carbocycles. The molecule has 5 heteroatoms. The molecular weight excluding hydrogens is 306 g/mol. The van der Waals surface area contributed by atoms with Crippen LogP contribution in [-0.4, -0.2) is 39.6 Å². The van der Waals surface area contributed by atoms with Crippen molar-refractivity contribution >= 4 is 22.4 Å². The van der Waals surface area contributed by atoms with E-state index in [2.05, 4.69) is 22.0 Å². The highest BCUT2D eigenvalue weighted by molar-refractivity contribution is 7.10. The van der Waals surface area contributed by atoms with Gasteiger partial charge in [0.2, 0.25) is 0 Å². The second-order valence-corrected chi connectivity index (χ2v) is 7.25. The first-order valence-corrected chi connectivity index (χ1v) is 9.06. The molecule has 1 saturated heterocycles. The van der Waals surface area contributed by atoms with Crippen LogP contribution in [0.2, 0.25) is 0 Å². The van der Waals surface area contributed by atoms with E-state index in [0.717, 1.165) is 47.7 Å². The van der Waals surface area contributed by atoms with Crippen LogP contribution in [0, 0.1) is 0 Å². The fraction of sp³-hybridized carbons (Fsp3) is 0.389. The lowest BCUT2D eigenvalue weighted by Gasteiger charge is -2.32. The first-order valence-electron chi connectivity index (χ1n) is 8.18. The van der Waals surface area contributed by atoms with Crippen LogP contribution < -0.4 is 0 Å². The van der Waals surface area contributed by atoms with Gasteiger partial charge < -0.3 is 10.1 Å². The maximum atomic E-state index is 10.4. The molecule has 1 aliphatic heterocycles. The minimum absolute atomic E-state index is 0.385. The number of fused-ring (bicyclic) bond motifs is 1. The second-order valence-electron chi connectivity index (χ2n) is 6.27. The summed E-state index contributed by atoms with van der Waals surface area (Å²) >= 11 is 1.62. The molecule has 1 fully saturated rings. The Morgan fingerprint density at radius 1 is 1.30 bits per heavy atom. The minimum Gasteiger partial charge on any atom is -0.386 e. The van der Waals surface area contributed by atoms with Crippen molar-refractivity contribution in [3.05, 3.63) is 52.5 Å². The largest absolute Gasteiger partial charge is 0.386 e. The molecule has 0 bridgehead atoms. The third kappa shape index (κ3) is 3.17. The van der Waals surface area contributed by atoms with Gasteiger partial charge in [0, 0.05) is 23.9 Å². The smallest absolute Gasteiger partial charge is 0.111 e. The molecule has 1 aliphatic rings. The van der Waals surface area contributed by atoms with E-state index in [0.29, 0.717) is 12.5 Å². The normalized spacial score (nSPS) is 20.8. The Morgan fingerprint density at radius 2 is 2.22 bits per heavy atom. The van der Waals surface area contributed by atoms with Gasteiger partial charge in [-0.1, -0.05) is 18.2 Å². The summed E-state index contributed by atoms with van der Waals surface area (Å²) in [7, 11) is 0. The molecule has 0 aliphatic carbocycles. The lowest BCUT2D eigenvalue weighted by molar-refractivity contribution is 0.0969. The summed E-state index contributed by atoms with van der Waals surface area (Å²) < 4.78 is 0. The topological polar surface area (TPSA) is 52.1 Å². The van der Waals surface area contributed by atoms with Crippen LogP contribution in [0.5, 0.6) is 0 Å². The van der Waals surface area contributed by atoms with Gasteiger partial charge in [0.25, 0.3) is 0 Å². The number of nitrogens with zero attached hydrogens (tertiary/aromatic N) is 2. The summed E-state index contributed by atoms with van der Waals surface area (Å²) in [6.45, 7) is 2.72. The summed E-state index contributed by atoms with van der Waals surface area (Å²) in [5.74, 6) is 1.51. The van der Waals surface area contributed by atoms with Gasteiger partial charge in [-0.25, -0.2) is 4.98 Å². The highest BCUT2D eigenvalue weighted by Crippen LogP contribution is 2.28. The number of aliphatic hydroxyl groups excluding tert-OH is 1. The number of piperidine rings is 1. The quantitative estimate of drug-likeness (QED) is 0.771. The van der Waals surface area contributed by atoms with Gasteiger partial charge >= 0.3 is 0 Å². The summed E-state index contributed by atoms with van der Waals surface area (Å²) in [5, 5.41) is 12.4. The van der Waals surface area contributed by atoms with Gasteiger partial charge in [-0.05, 0) is 43.0 Å². The van der Waals surface area contributed by atoms with Gasteiger partial charge in [0.15, 0.2) is 0 Å². The van der Waals surface area contributed by atoms with E-state index in [9.17, 15) is 5.11 Å². The molecule has 0 spiro atoms. The van der Waals surface area contributed by atoms with E-state index in [1.54, 1.807) is 11.3 Å². The van der Waals surface area contributed by atoms with E-state index in [4.69, 9.17) is 4.98 Å². The van der Waals surface area contributed by atoms with Crippen LogP contribution in [0.15, 0.2) is 41.8 Å². The van der Waals surface area contributed by atoms with Crippen molar-refractivity contribution < 1.29 is 5.11 Å². The third-order valence-electron chi connectivity index (χ3n) is 4.60. The van der Waals surface area contributed by atoms with Crippen molar-refractivity contribution in [2.24, 2.45) is 0 Å². The number of aromatic nitrogens is 2. The van der Waals surface area contributed by atoms with Gasteiger partial charge in [-0.15, -0.1) is 11.3 Å². The number of aromatic amines is 1. The summed E-state index contributed by atoms with van der Waals surface area (Å²) in [5.41, 5.74) is 2.15. The van der Waals surface area contributed by atoms with Crippen LogP contribution in [0.4, 0.5) is 0 Å². The predicted octanol–water partition coefficient (Wildman–Crippen LogP) is 3.54. The van der Waals surface area contributed by atoms with E-state index < -0.39 is 0 Å². The number of benzene rings is 1. The zero-order chi connectivity index (χ0) is 15.6. The number of hydrogen-bond donors (Lipinski definition) is 2. The molecule has 0 saturated carbocycles. The van der Waals surface area contributed by atoms with Crippen molar-refractivity contribution in [2.75, 3.05) is 19.6 Å². The molecule has 4 rings (SSSR count). The average Bonchev–Trinajstić information content (AvgIpc) is 3.24. The first-order chi connectivity index (χ1) is 11.3. The maximum Gasteiger partial charge on any atom is 0.111 e. The Balaban J connectivity index is 1.46.